The van der Waals surface area contributed by atoms with E-state index in [4.69, 9.17) is 9.72 Å². The fourth-order valence-corrected chi connectivity index (χ4v) is 2.35. The highest BCUT2D eigenvalue weighted by atomic mass is 16.6. The molecule has 22 heavy (non-hydrogen) atoms. The lowest BCUT2D eigenvalue weighted by molar-refractivity contribution is 0.0223. The van der Waals surface area contributed by atoms with E-state index in [-0.39, 0.29) is 6.09 Å². The molecule has 2 heterocycles. The van der Waals surface area contributed by atoms with E-state index in [1.54, 1.807) is 4.90 Å². The lowest BCUT2D eigenvalue weighted by Crippen LogP contribution is -2.40. The van der Waals surface area contributed by atoms with Crippen molar-refractivity contribution in [2.75, 3.05) is 18.5 Å². The van der Waals surface area contributed by atoms with Crippen LogP contribution in [0.25, 0.3) is 0 Å². The van der Waals surface area contributed by atoms with Crippen molar-refractivity contribution in [2.24, 2.45) is 0 Å². The number of hydrogen-bond acceptors (Lipinski definition) is 4. The molecule has 0 aromatic carbocycles. The van der Waals surface area contributed by atoms with Crippen molar-refractivity contribution in [3.05, 3.63) is 23.4 Å². The Labute approximate surface area is 133 Å². The van der Waals surface area contributed by atoms with E-state index in [1.807, 2.05) is 26.8 Å². The van der Waals surface area contributed by atoms with Crippen molar-refractivity contribution in [2.45, 2.75) is 59.2 Å². The molecule has 0 saturated heterocycles. The monoisotopic (exact) mass is 305 g/mol. The largest absolute Gasteiger partial charge is 0.444 e. The second-order valence-corrected chi connectivity index (χ2v) is 7.13. The van der Waals surface area contributed by atoms with Crippen LogP contribution in [0.2, 0.25) is 0 Å². The summed E-state index contributed by atoms with van der Waals surface area (Å²) in [6.45, 7) is 11.2. The molecule has 5 heteroatoms. The summed E-state index contributed by atoms with van der Waals surface area (Å²) in [5, 5.41) is 0. The molecular weight excluding hydrogens is 278 g/mol. The number of pyridine rings is 1. The van der Waals surface area contributed by atoms with Crippen LogP contribution < -0.4 is 4.90 Å². The highest BCUT2D eigenvalue weighted by molar-refractivity contribution is 5.68. The minimum absolute atomic E-state index is 0.249. The Morgan fingerprint density at radius 2 is 2.05 bits per heavy atom. The molecule has 1 aromatic heterocycles. The predicted molar refractivity (Wildman–Crippen MR) is 88.1 cm³/mol. The standard InChI is InChI=1S/C17H27N3O2/c1-12(2)19(6)15-8-7-13-11-20(10-9-14(13)18-15)16(21)22-17(3,4)5/h7-8,12H,9-11H2,1-6H3. The van der Waals surface area contributed by atoms with Gasteiger partial charge < -0.3 is 14.5 Å². The Balaban J connectivity index is 2.10. The minimum Gasteiger partial charge on any atom is -0.444 e. The van der Waals surface area contributed by atoms with Gasteiger partial charge in [0.1, 0.15) is 11.4 Å². The molecule has 1 aliphatic rings. The molecule has 0 saturated carbocycles. The van der Waals surface area contributed by atoms with Gasteiger partial charge in [0, 0.05) is 31.7 Å². The Morgan fingerprint density at radius 1 is 1.36 bits per heavy atom. The van der Waals surface area contributed by atoms with E-state index in [0.717, 1.165) is 23.5 Å². The number of amides is 1. The van der Waals surface area contributed by atoms with Gasteiger partial charge in [-0.25, -0.2) is 9.78 Å². The van der Waals surface area contributed by atoms with Crippen molar-refractivity contribution in [3.63, 3.8) is 0 Å². The van der Waals surface area contributed by atoms with E-state index in [1.165, 1.54) is 0 Å². The van der Waals surface area contributed by atoms with Crippen LogP contribution in [0.1, 0.15) is 45.9 Å². The van der Waals surface area contributed by atoms with Crippen LogP contribution in [0.15, 0.2) is 12.1 Å². The smallest absolute Gasteiger partial charge is 0.410 e. The number of carbonyl (C=O) groups excluding carboxylic acids is 1. The zero-order valence-corrected chi connectivity index (χ0v) is 14.5. The fraction of sp³-hybridized carbons (Fsp3) is 0.647. The average molecular weight is 305 g/mol. The second-order valence-electron chi connectivity index (χ2n) is 7.13. The third kappa shape index (κ3) is 3.90. The number of aromatic nitrogens is 1. The molecule has 2 rings (SSSR count). The third-order valence-corrected chi connectivity index (χ3v) is 3.82. The quantitative estimate of drug-likeness (QED) is 0.841. The van der Waals surface area contributed by atoms with Gasteiger partial charge in [-0.1, -0.05) is 6.07 Å². The van der Waals surface area contributed by atoms with Gasteiger partial charge in [-0.15, -0.1) is 0 Å². The van der Waals surface area contributed by atoms with Gasteiger partial charge in [0.15, 0.2) is 0 Å². The maximum Gasteiger partial charge on any atom is 0.410 e. The van der Waals surface area contributed by atoms with E-state index < -0.39 is 5.60 Å². The number of nitrogens with zero attached hydrogens (tertiary/aromatic N) is 3. The first-order chi connectivity index (χ1) is 10.2. The van der Waals surface area contributed by atoms with Gasteiger partial charge in [-0.3, -0.25) is 0 Å². The second kappa shape index (κ2) is 6.15. The highest BCUT2D eigenvalue weighted by Gasteiger charge is 2.26. The van der Waals surface area contributed by atoms with E-state index in [0.29, 0.717) is 19.1 Å². The molecule has 0 radical (unpaired) electrons. The molecule has 1 aliphatic heterocycles. The Morgan fingerprint density at radius 3 is 2.64 bits per heavy atom. The van der Waals surface area contributed by atoms with Crippen LogP contribution in [0.3, 0.4) is 0 Å². The molecule has 1 amide bonds. The lowest BCUT2D eigenvalue weighted by atomic mass is 10.1. The molecule has 0 spiro atoms. The van der Waals surface area contributed by atoms with Crippen LogP contribution in [0, 0.1) is 0 Å². The predicted octanol–water partition coefficient (Wildman–Crippen LogP) is 3.22. The molecule has 1 aromatic rings. The molecule has 0 fully saturated rings. The van der Waals surface area contributed by atoms with Crippen molar-refractivity contribution >= 4 is 11.9 Å². The summed E-state index contributed by atoms with van der Waals surface area (Å²) in [5.41, 5.74) is 1.74. The van der Waals surface area contributed by atoms with Crippen LogP contribution in [-0.4, -0.2) is 41.2 Å². The number of fused-ring (bicyclic) bond motifs is 1. The zero-order chi connectivity index (χ0) is 16.5. The van der Waals surface area contributed by atoms with Gasteiger partial charge in [-0.2, -0.15) is 0 Å². The SMILES string of the molecule is CC(C)N(C)c1ccc2c(n1)CCN(C(=O)OC(C)(C)C)C2. The summed E-state index contributed by atoms with van der Waals surface area (Å²) < 4.78 is 5.44. The topological polar surface area (TPSA) is 45.7 Å². The Kier molecular flexibility index (Phi) is 4.63. The zero-order valence-electron chi connectivity index (χ0n) is 14.5. The van der Waals surface area contributed by atoms with Crippen molar-refractivity contribution in [1.82, 2.24) is 9.88 Å². The molecule has 5 nitrogen and oxygen atoms in total. The summed E-state index contributed by atoms with van der Waals surface area (Å²) in [6, 6.07) is 4.51. The van der Waals surface area contributed by atoms with Crippen LogP contribution in [0.5, 0.6) is 0 Å². The maximum atomic E-state index is 12.2. The molecule has 0 atom stereocenters. The van der Waals surface area contributed by atoms with Gasteiger partial charge in [0.2, 0.25) is 0 Å². The number of ether oxygens (including phenoxy) is 1. The fourth-order valence-electron chi connectivity index (χ4n) is 2.35. The van der Waals surface area contributed by atoms with Gasteiger partial charge in [-0.05, 0) is 46.2 Å². The summed E-state index contributed by atoms with van der Waals surface area (Å²) in [6.07, 6.45) is 0.524. The van der Waals surface area contributed by atoms with Gasteiger partial charge in [0.25, 0.3) is 0 Å². The lowest BCUT2D eigenvalue weighted by Gasteiger charge is -2.31. The van der Waals surface area contributed by atoms with Crippen molar-refractivity contribution in [1.29, 1.82) is 0 Å². The number of rotatable bonds is 2. The summed E-state index contributed by atoms with van der Waals surface area (Å²) in [5.74, 6) is 0.986. The number of anilines is 1. The summed E-state index contributed by atoms with van der Waals surface area (Å²) >= 11 is 0. The maximum absolute atomic E-state index is 12.2. The first-order valence-electron chi connectivity index (χ1n) is 7.87. The highest BCUT2D eigenvalue weighted by Crippen LogP contribution is 2.23. The minimum atomic E-state index is -0.459. The molecule has 0 unspecified atom stereocenters. The average Bonchev–Trinajstić information content (AvgIpc) is 2.43. The number of carbonyl (C=O) groups is 1. The van der Waals surface area contributed by atoms with E-state index >= 15 is 0 Å². The van der Waals surface area contributed by atoms with E-state index in [9.17, 15) is 4.79 Å². The van der Waals surface area contributed by atoms with Crippen LogP contribution >= 0.6 is 0 Å². The van der Waals surface area contributed by atoms with Gasteiger partial charge in [0.05, 0.1) is 6.54 Å². The molecule has 122 valence electrons. The third-order valence-electron chi connectivity index (χ3n) is 3.82. The summed E-state index contributed by atoms with van der Waals surface area (Å²) in [7, 11) is 2.05. The van der Waals surface area contributed by atoms with Crippen molar-refractivity contribution < 1.29 is 9.53 Å². The van der Waals surface area contributed by atoms with Crippen molar-refractivity contribution in [3.8, 4) is 0 Å². The Bertz CT molecular complexity index is 549. The molecular formula is C17H27N3O2. The van der Waals surface area contributed by atoms with E-state index in [2.05, 4.69) is 31.9 Å². The number of hydrogen-bond donors (Lipinski definition) is 0. The molecule has 0 aliphatic carbocycles. The van der Waals surface area contributed by atoms with Gasteiger partial charge >= 0.3 is 6.09 Å². The molecule has 0 N–H and O–H groups in total. The normalized spacial score (nSPS) is 14.8. The first kappa shape index (κ1) is 16.6. The summed E-state index contributed by atoms with van der Waals surface area (Å²) in [4.78, 5) is 20.8. The first-order valence-corrected chi connectivity index (χ1v) is 7.87. The Hall–Kier alpha value is -1.78. The molecule has 0 bridgehead atoms. The van der Waals surface area contributed by atoms with Crippen LogP contribution in [-0.2, 0) is 17.7 Å². The van der Waals surface area contributed by atoms with Crippen LogP contribution in [0.4, 0.5) is 10.6 Å².